The largest absolute Gasteiger partial charge is 0.440 e. The average Bonchev–Trinajstić information content (AvgIpc) is 3.39. The fourth-order valence-electron chi connectivity index (χ4n) is 3.49. The van der Waals surface area contributed by atoms with Crippen LogP contribution in [-0.2, 0) is 18.0 Å². The van der Waals surface area contributed by atoms with E-state index in [2.05, 4.69) is 27.2 Å². The van der Waals surface area contributed by atoms with Gasteiger partial charge in [0, 0.05) is 12.1 Å². The maximum atomic E-state index is 6.15. The van der Waals surface area contributed by atoms with Crippen LogP contribution in [0.3, 0.4) is 0 Å². The lowest BCUT2D eigenvalue weighted by atomic mass is 10.1. The number of likely N-dealkylation sites (tertiary alicyclic amines) is 1. The number of oxazole rings is 1. The number of piperidine rings is 1. The van der Waals surface area contributed by atoms with E-state index in [9.17, 15) is 0 Å². The second kappa shape index (κ2) is 9.24. The van der Waals surface area contributed by atoms with Crippen molar-refractivity contribution in [3.8, 4) is 10.8 Å². The predicted octanol–water partition coefficient (Wildman–Crippen LogP) is 4.53. The van der Waals surface area contributed by atoms with E-state index in [0.29, 0.717) is 11.7 Å². The molecule has 29 heavy (non-hydrogen) atoms. The quantitative estimate of drug-likeness (QED) is 0.352. The van der Waals surface area contributed by atoms with Crippen LogP contribution in [0, 0.1) is 6.92 Å². The lowest BCUT2D eigenvalue weighted by molar-refractivity contribution is 0.127. The van der Waals surface area contributed by atoms with E-state index in [4.69, 9.17) is 15.0 Å². The van der Waals surface area contributed by atoms with Gasteiger partial charge in [0.15, 0.2) is 12.4 Å². The molecule has 1 aromatic carbocycles. The summed E-state index contributed by atoms with van der Waals surface area (Å²) in [6, 6.07) is 12.2. The molecule has 3 heterocycles. The lowest BCUT2D eigenvalue weighted by Crippen LogP contribution is -2.29. The zero-order chi connectivity index (χ0) is 20.1. The highest BCUT2D eigenvalue weighted by Crippen LogP contribution is 2.26. The number of aromatic nitrogens is 1. The maximum Gasteiger partial charge on any atom is 0.236 e. The fourth-order valence-corrected chi connectivity index (χ4v) is 4.14. The minimum absolute atomic E-state index is 0.217. The number of nitrogens with two attached hydrogens (primary N) is 1. The van der Waals surface area contributed by atoms with Crippen molar-refractivity contribution in [2.24, 2.45) is 10.9 Å². The number of rotatable bonds is 7. The van der Waals surface area contributed by atoms with Crippen molar-refractivity contribution < 1.29 is 9.25 Å². The molecule has 0 saturated carbocycles. The third kappa shape index (κ3) is 5.05. The highest BCUT2D eigenvalue weighted by molar-refractivity contribution is 7.13. The maximum absolute atomic E-state index is 6.15. The molecule has 1 aliphatic rings. The van der Waals surface area contributed by atoms with Crippen LogP contribution < -0.4 is 5.73 Å². The first-order chi connectivity index (χ1) is 14.2. The molecule has 3 aromatic rings. The molecule has 0 atom stereocenters. The van der Waals surface area contributed by atoms with E-state index in [1.54, 1.807) is 11.3 Å². The third-order valence-corrected chi connectivity index (χ3v) is 5.92. The van der Waals surface area contributed by atoms with Crippen LogP contribution in [0.5, 0.6) is 0 Å². The minimum Gasteiger partial charge on any atom is -0.440 e. The van der Waals surface area contributed by atoms with Crippen molar-refractivity contribution in [3.05, 3.63) is 64.4 Å². The zero-order valence-electron chi connectivity index (χ0n) is 16.6. The highest BCUT2D eigenvalue weighted by atomic mass is 32.1. The van der Waals surface area contributed by atoms with Gasteiger partial charge in [0.05, 0.1) is 4.88 Å². The molecule has 0 amide bonds. The summed E-state index contributed by atoms with van der Waals surface area (Å²) in [5.41, 5.74) is 8.99. The molecule has 0 bridgehead atoms. The summed E-state index contributed by atoms with van der Waals surface area (Å²) < 4.78 is 5.72. The molecule has 1 saturated heterocycles. The van der Waals surface area contributed by atoms with E-state index in [1.807, 2.05) is 36.6 Å². The molecule has 152 valence electrons. The highest BCUT2D eigenvalue weighted by Gasteiger charge is 2.13. The van der Waals surface area contributed by atoms with Gasteiger partial charge in [-0.15, -0.1) is 11.3 Å². The van der Waals surface area contributed by atoms with Gasteiger partial charge in [0.1, 0.15) is 11.5 Å². The van der Waals surface area contributed by atoms with Crippen LogP contribution in [0.15, 0.2) is 51.4 Å². The van der Waals surface area contributed by atoms with Crippen LogP contribution in [0.2, 0.25) is 0 Å². The summed E-state index contributed by atoms with van der Waals surface area (Å²) in [5.74, 6) is 1.70. The molecule has 2 aromatic heterocycles. The molecule has 0 spiro atoms. The number of hydrogen-bond acceptors (Lipinski definition) is 6. The molecule has 7 heteroatoms. The first-order valence-electron chi connectivity index (χ1n) is 9.96. The van der Waals surface area contributed by atoms with Crippen LogP contribution in [-0.4, -0.2) is 28.8 Å². The van der Waals surface area contributed by atoms with Crippen LogP contribution in [0.4, 0.5) is 0 Å². The Balaban J connectivity index is 1.37. The normalized spacial score (nSPS) is 15.6. The molecule has 0 radical (unpaired) electrons. The molecule has 1 aliphatic heterocycles. The Kier molecular flexibility index (Phi) is 6.27. The zero-order valence-corrected chi connectivity index (χ0v) is 17.5. The molecule has 2 N–H and O–H groups in total. The number of nitrogens with zero attached hydrogens (tertiary/aromatic N) is 3. The molecular weight excluding hydrogens is 384 g/mol. The predicted molar refractivity (Wildman–Crippen MR) is 116 cm³/mol. The SMILES string of the molecule is Cc1oc(-c2cccs2)nc1CO/N=C(/N)c1cccc(CN2CCCCC2)c1. The Bertz CT molecular complexity index is 959. The van der Waals surface area contributed by atoms with Crippen LogP contribution in [0.1, 0.15) is 41.8 Å². The molecule has 4 rings (SSSR count). The van der Waals surface area contributed by atoms with Gasteiger partial charge in [-0.1, -0.05) is 35.8 Å². The second-order valence-corrected chi connectivity index (χ2v) is 8.23. The Hall–Kier alpha value is -2.64. The number of benzene rings is 1. The van der Waals surface area contributed by atoms with Crippen LogP contribution in [0.25, 0.3) is 10.8 Å². The topological polar surface area (TPSA) is 76.9 Å². The summed E-state index contributed by atoms with van der Waals surface area (Å²) in [6.07, 6.45) is 3.91. The van der Waals surface area contributed by atoms with Gasteiger partial charge in [-0.2, -0.15) is 0 Å². The van der Waals surface area contributed by atoms with E-state index < -0.39 is 0 Å². The van der Waals surface area contributed by atoms with Gasteiger partial charge < -0.3 is 15.0 Å². The Morgan fingerprint density at radius 3 is 2.90 bits per heavy atom. The van der Waals surface area contributed by atoms with E-state index in [-0.39, 0.29) is 6.61 Å². The monoisotopic (exact) mass is 410 g/mol. The van der Waals surface area contributed by atoms with Gasteiger partial charge in [-0.3, -0.25) is 4.90 Å². The molecule has 6 nitrogen and oxygen atoms in total. The molecule has 1 fully saturated rings. The minimum atomic E-state index is 0.217. The van der Waals surface area contributed by atoms with Gasteiger partial charge in [-0.05, 0) is 55.9 Å². The van der Waals surface area contributed by atoms with Crippen LogP contribution >= 0.6 is 11.3 Å². The standard InChI is InChI=1S/C22H26N4O2S/c1-16-19(24-22(28-16)20-9-6-12-29-20)15-27-25-21(23)18-8-5-7-17(13-18)14-26-10-3-2-4-11-26/h5-9,12-13H,2-4,10-11,14-15H2,1H3,(H2,23,25). The van der Waals surface area contributed by atoms with Gasteiger partial charge in [0.2, 0.25) is 5.89 Å². The number of amidine groups is 1. The van der Waals surface area contributed by atoms with Gasteiger partial charge in [-0.25, -0.2) is 4.98 Å². The van der Waals surface area contributed by atoms with Crippen molar-refractivity contribution in [2.75, 3.05) is 13.1 Å². The molecular formula is C22H26N4O2S. The van der Waals surface area contributed by atoms with Crippen molar-refractivity contribution >= 4 is 17.2 Å². The van der Waals surface area contributed by atoms with E-state index >= 15 is 0 Å². The number of thiophene rings is 1. The number of aryl methyl sites for hydroxylation is 1. The van der Waals surface area contributed by atoms with Crippen molar-refractivity contribution in [2.45, 2.75) is 39.3 Å². The lowest BCUT2D eigenvalue weighted by Gasteiger charge is -2.26. The Labute approximate surface area is 175 Å². The summed E-state index contributed by atoms with van der Waals surface area (Å²) >= 11 is 1.59. The smallest absolute Gasteiger partial charge is 0.236 e. The van der Waals surface area contributed by atoms with Crippen molar-refractivity contribution in [1.82, 2.24) is 9.88 Å². The molecule has 0 aliphatic carbocycles. The first kappa shape index (κ1) is 19.7. The number of oxime groups is 1. The van der Waals surface area contributed by atoms with Crippen molar-refractivity contribution in [3.63, 3.8) is 0 Å². The van der Waals surface area contributed by atoms with E-state index in [1.165, 1.54) is 37.9 Å². The van der Waals surface area contributed by atoms with Gasteiger partial charge in [0.25, 0.3) is 0 Å². The summed E-state index contributed by atoms with van der Waals surface area (Å²) in [6.45, 7) is 5.38. The van der Waals surface area contributed by atoms with Crippen molar-refractivity contribution in [1.29, 1.82) is 0 Å². The summed E-state index contributed by atoms with van der Waals surface area (Å²) in [4.78, 5) is 13.5. The van der Waals surface area contributed by atoms with E-state index in [0.717, 1.165) is 28.4 Å². The summed E-state index contributed by atoms with van der Waals surface area (Å²) in [7, 11) is 0. The average molecular weight is 411 g/mol. The summed E-state index contributed by atoms with van der Waals surface area (Å²) in [5, 5.41) is 6.09. The third-order valence-electron chi connectivity index (χ3n) is 5.07. The molecule has 0 unspecified atom stereocenters. The van der Waals surface area contributed by atoms with Gasteiger partial charge >= 0.3 is 0 Å². The Morgan fingerprint density at radius 2 is 2.10 bits per heavy atom. The second-order valence-electron chi connectivity index (χ2n) is 7.29. The first-order valence-corrected chi connectivity index (χ1v) is 10.8. The fraction of sp³-hybridized carbons (Fsp3) is 0.364. The number of hydrogen-bond donors (Lipinski definition) is 1. The Morgan fingerprint density at radius 1 is 1.24 bits per heavy atom.